The lowest BCUT2D eigenvalue weighted by molar-refractivity contribution is -0.135. The zero-order chi connectivity index (χ0) is 19.2. The number of hydrogen-bond acceptors (Lipinski definition) is 5. The van der Waals surface area contributed by atoms with Crippen LogP contribution in [0.2, 0.25) is 0 Å². The molecule has 1 saturated heterocycles. The number of hydrogen-bond donors (Lipinski definition) is 3. The molecule has 3 N–H and O–H groups in total. The molecule has 142 valence electrons. The van der Waals surface area contributed by atoms with Gasteiger partial charge in [0.05, 0.1) is 5.69 Å². The standard InChI is InChI=1S/C19H21FN4O3/c20-24(13-18(25)26)17-7-3-15(4-8-17)22-19(27)14-1-5-16(6-2-14)23-11-9-21-10-12-23/h1-8,21H,9-13H2,(H,22,27)(H,25,26). The Hall–Kier alpha value is -3.13. The van der Waals surface area contributed by atoms with Crippen molar-refractivity contribution in [1.82, 2.24) is 5.32 Å². The van der Waals surface area contributed by atoms with E-state index in [1.54, 1.807) is 12.1 Å². The minimum absolute atomic E-state index is 0.107. The summed E-state index contributed by atoms with van der Waals surface area (Å²) in [5.74, 6) is -1.53. The molecule has 0 bridgehead atoms. The van der Waals surface area contributed by atoms with Gasteiger partial charge in [-0.05, 0) is 48.5 Å². The maximum atomic E-state index is 13.6. The molecule has 1 amide bonds. The van der Waals surface area contributed by atoms with Crippen molar-refractivity contribution in [3.63, 3.8) is 0 Å². The highest BCUT2D eigenvalue weighted by Crippen LogP contribution is 2.20. The van der Waals surface area contributed by atoms with Crippen LogP contribution in [0.15, 0.2) is 48.5 Å². The highest BCUT2D eigenvalue weighted by Gasteiger charge is 2.13. The van der Waals surface area contributed by atoms with Gasteiger partial charge in [0.2, 0.25) is 0 Å². The number of halogens is 1. The zero-order valence-corrected chi connectivity index (χ0v) is 14.7. The first-order valence-electron chi connectivity index (χ1n) is 8.65. The molecule has 1 aliphatic heterocycles. The quantitative estimate of drug-likeness (QED) is 0.674. The summed E-state index contributed by atoms with van der Waals surface area (Å²) in [6, 6.07) is 13.3. The fraction of sp³-hybridized carbons (Fsp3) is 0.263. The lowest BCUT2D eigenvalue weighted by Gasteiger charge is -2.29. The summed E-state index contributed by atoms with van der Waals surface area (Å²) < 4.78 is 13.6. The molecule has 0 spiro atoms. The van der Waals surface area contributed by atoms with E-state index in [1.807, 2.05) is 12.1 Å². The second kappa shape index (κ2) is 8.50. The third kappa shape index (κ3) is 4.95. The Kier molecular flexibility index (Phi) is 5.87. The Labute approximate surface area is 156 Å². The number of piperazine rings is 1. The third-order valence-corrected chi connectivity index (χ3v) is 4.29. The molecule has 8 heteroatoms. The van der Waals surface area contributed by atoms with Crippen LogP contribution in [0.3, 0.4) is 0 Å². The fourth-order valence-electron chi connectivity index (χ4n) is 2.87. The topological polar surface area (TPSA) is 84.9 Å². The van der Waals surface area contributed by atoms with Gasteiger partial charge in [-0.1, -0.05) is 4.48 Å². The molecular formula is C19H21FN4O3. The summed E-state index contributed by atoms with van der Waals surface area (Å²) in [5.41, 5.74) is 2.21. The van der Waals surface area contributed by atoms with Crippen molar-refractivity contribution in [1.29, 1.82) is 0 Å². The van der Waals surface area contributed by atoms with Gasteiger partial charge in [-0.3, -0.25) is 9.59 Å². The van der Waals surface area contributed by atoms with Gasteiger partial charge in [0.1, 0.15) is 6.54 Å². The zero-order valence-electron chi connectivity index (χ0n) is 14.7. The highest BCUT2D eigenvalue weighted by atomic mass is 19.2. The number of carbonyl (C=O) groups is 2. The van der Waals surface area contributed by atoms with E-state index in [9.17, 15) is 14.1 Å². The van der Waals surface area contributed by atoms with Gasteiger partial charge in [0.15, 0.2) is 0 Å². The van der Waals surface area contributed by atoms with Crippen molar-refractivity contribution in [2.75, 3.05) is 48.1 Å². The third-order valence-electron chi connectivity index (χ3n) is 4.29. The van der Waals surface area contributed by atoms with Gasteiger partial charge in [-0.25, -0.2) is 5.12 Å². The molecule has 0 saturated carbocycles. The molecule has 7 nitrogen and oxygen atoms in total. The maximum Gasteiger partial charge on any atom is 0.326 e. The molecule has 0 atom stereocenters. The van der Waals surface area contributed by atoms with E-state index >= 15 is 0 Å². The average molecular weight is 372 g/mol. The fourth-order valence-corrected chi connectivity index (χ4v) is 2.87. The van der Waals surface area contributed by atoms with E-state index in [-0.39, 0.29) is 16.7 Å². The monoisotopic (exact) mass is 372 g/mol. The normalized spacial score (nSPS) is 13.9. The number of nitrogens with one attached hydrogen (secondary N) is 2. The van der Waals surface area contributed by atoms with Crippen LogP contribution in [0.1, 0.15) is 10.4 Å². The summed E-state index contributed by atoms with van der Waals surface area (Å²) >= 11 is 0. The molecule has 0 aliphatic carbocycles. The van der Waals surface area contributed by atoms with Gasteiger partial charge in [0.25, 0.3) is 5.91 Å². The van der Waals surface area contributed by atoms with Crippen LogP contribution in [0.25, 0.3) is 0 Å². The summed E-state index contributed by atoms with van der Waals surface area (Å²) in [6.07, 6.45) is 0. The molecule has 0 aromatic heterocycles. The molecular weight excluding hydrogens is 351 g/mol. The van der Waals surface area contributed by atoms with Gasteiger partial charge >= 0.3 is 5.97 Å². The first-order chi connectivity index (χ1) is 13.0. The summed E-state index contributed by atoms with van der Waals surface area (Å²) in [5, 5.41) is 14.8. The van der Waals surface area contributed by atoms with Crippen LogP contribution in [-0.2, 0) is 4.79 Å². The van der Waals surface area contributed by atoms with Crippen LogP contribution in [0, 0.1) is 0 Å². The van der Waals surface area contributed by atoms with Crippen molar-refractivity contribution in [3.8, 4) is 0 Å². The SMILES string of the molecule is O=C(O)CN(F)c1ccc(NC(=O)c2ccc(N3CCNCC3)cc2)cc1. The Morgan fingerprint density at radius 2 is 1.70 bits per heavy atom. The lowest BCUT2D eigenvalue weighted by atomic mass is 10.1. The Morgan fingerprint density at radius 3 is 2.30 bits per heavy atom. The van der Waals surface area contributed by atoms with Gasteiger partial charge in [0, 0.05) is 43.1 Å². The van der Waals surface area contributed by atoms with E-state index in [0.717, 1.165) is 31.9 Å². The number of carboxylic acid groups (broad SMARTS) is 1. The molecule has 1 aliphatic rings. The molecule has 0 unspecified atom stereocenters. The molecule has 1 fully saturated rings. The maximum absolute atomic E-state index is 13.6. The number of aliphatic carboxylic acids is 1. The first-order valence-corrected chi connectivity index (χ1v) is 8.65. The lowest BCUT2D eigenvalue weighted by Crippen LogP contribution is -2.43. The van der Waals surface area contributed by atoms with E-state index in [1.165, 1.54) is 24.3 Å². The van der Waals surface area contributed by atoms with E-state index < -0.39 is 12.5 Å². The Bertz CT molecular complexity index is 790. The first kappa shape index (κ1) is 18.7. The summed E-state index contributed by atoms with van der Waals surface area (Å²) in [7, 11) is 0. The highest BCUT2D eigenvalue weighted by molar-refractivity contribution is 6.04. The number of carbonyl (C=O) groups excluding carboxylic acids is 1. The molecule has 27 heavy (non-hydrogen) atoms. The minimum atomic E-state index is -1.26. The van der Waals surface area contributed by atoms with Crippen molar-refractivity contribution >= 4 is 28.9 Å². The number of carboxylic acids is 1. The van der Waals surface area contributed by atoms with Crippen LogP contribution in [-0.4, -0.2) is 49.7 Å². The Balaban J connectivity index is 1.60. The summed E-state index contributed by atoms with van der Waals surface area (Å²) in [4.78, 5) is 25.2. The molecule has 3 rings (SSSR count). The smallest absolute Gasteiger partial charge is 0.326 e. The number of amides is 1. The second-order valence-electron chi connectivity index (χ2n) is 6.20. The largest absolute Gasteiger partial charge is 0.480 e. The van der Waals surface area contributed by atoms with Crippen LogP contribution in [0.5, 0.6) is 0 Å². The number of anilines is 3. The van der Waals surface area contributed by atoms with E-state index in [0.29, 0.717) is 11.3 Å². The Morgan fingerprint density at radius 1 is 1.07 bits per heavy atom. The molecule has 0 radical (unpaired) electrons. The van der Waals surface area contributed by atoms with Crippen LogP contribution in [0.4, 0.5) is 21.5 Å². The molecule has 2 aromatic rings. The van der Waals surface area contributed by atoms with Crippen LogP contribution < -0.4 is 20.7 Å². The van der Waals surface area contributed by atoms with Crippen molar-refractivity contribution < 1.29 is 19.2 Å². The summed E-state index contributed by atoms with van der Waals surface area (Å²) in [6.45, 7) is 3.02. The number of rotatable bonds is 6. The van der Waals surface area contributed by atoms with Gasteiger partial charge in [-0.2, -0.15) is 0 Å². The van der Waals surface area contributed by atoms with E-state index in [2.05, 4.69) is 15.5 Å². The van der Waals surface area contributed by atoms with Crippen LogP contribution >= 0.6 is 0 Å². The molecule has 2 aromatic carbocycles. The predicted octanol–water partition coefficient (Wildman–Crippen LogP) is 2.12. The molecule has 1 heterocycles. The average Bonchev–Trinajstić information content (AvgIpc) is 2.69. The van der Waals surface area contributed by atoms with Crippen molar-refractivity contribution in [3.05, 3.63) is 54.1 Å². The number of benzene rings is 2. The van der Waals surface area contributed by atoms with Crippen molar-refractivity contribution in [2.24, 2.45) is 0 Å². The predicted molar refractivity (Wildman–Crippen MR) is 102 cm³/mol. The van der Waals surface area contributed by atoms with Gasteiger partial charge < -0.3 is 20.6 Å². The van der Waals surface area contributed by atoms with Gasteiger partial charge in [-0.15, -0.1) is 0 Å². The van der Waals surface area contributed by atoms with Crippen molar-refractivity contribution in [2.45, 2.75) is 0 Å². The second-order valence-corrected chi connectivity index (χ2v) is 6.20. The number of nitrogens with zero attached hydrogens (tertiary/aromatic N) is 2. The minimum Gasteiger partial charge on any atom is -0.480 e. The van der Waals surface area contributed by atoms with E-state index in [4.69, 9.17) is 5.11 Å².